The van der Waals surface area contributed by atoms with Crippen molar-refractivity contribution in [3.63, 3.8) is 0 Å². The lowest BCUT2D eigenvalue weighted by atomic mass is 9.35. The van der Waals surface area contributed by atoms with Gasteiger partial charge in [0.25, 0.3) is 0 Å². The first-order chi connectivity index (χ1) is 5.73. The second kappa shape index (κ2) is 3.04. The monoisotopic (exact) mass is 219 g/mol. The number of halogens is 1. The van der Waals surface area contributed by atoms with E-state index in [2.05, 4.69) is 11.8 Å². The lowest BCUT2D eigenvalue weighted by Crippen LogP contribution is -2.74. The maximum atomic E-state index is 6.07. The fraction of sp³-hybridized carbons (Fsp3) is 1.00. The highest BCUT2D eigenvalue weighted by Crippen LogP contribution is 2.70. The minimum Gasteiger partial charge on any atom is -0.325 e. The first kappa shape index (κ1) is 10.1. The van der Waals surface area contributed by atoms with Crippen LogP contribution in [-0.4, -0.2) is 17.0 Å². The Labute approximate surface area is 90.6 Å². The van der Waals surface area contributed by atoms with E-state index in [0.29, 0.717) is 5.54 Å². The molecule has 1 saturated heterocycles. The first-order valence-electron chi connectivity index (χ1n) is 5.09. The van der Waals surface area contributed by atoms with Gasteiger partial charge in [-0.1, -0.05) is 0 Å². The van der Waals surface area contributed by atoms with Gasteiger partial charge in [0, 0.05) is 5.54 Å². The van der Waals surface area contributed by atoms with Gasteiger partial charge in [-0.15, -0.1) is 12.4 Å². The summed E-state index contributed by atoms with van der Waals surface area (Å²) in [6.07, 6.45) is 7.02. The zero-order valence-corrected chi connectivity index (χ0v) is 9.55. The van der Waals surface area contributed by atoms with Gasteiger partial charge >= 0.3 is 0 Å². The predicted molar refractivity (Wildman–Crippen MR) is 60.5 cm³/mol. The maximum Gasteiger partial charge on any atom is 0.0170 e. The standard InChI is InChI=1S/C10H17NS.ClH/c11-10-5-9(6-10,7-10)8-1-3-12-4-2-8;/h8H,1-7,11H2;1H. The Kier molecular flexibility index (Phi) is 2.37. The van der Waals surface area contributed by atoms with Crippen molar-refractivity contribution in [2.75, 3.05) is 11.5 Å². The van der Waals surface area contributed by atoms with Crippen LogP contribution in [0, 0.1) is 11.3 Å². The Morgan fingerprint density at radius 3 is 2.08 bits per heavy atom. The molecule has 76 valence electrons. The molecular formula is C10H18ClNS. The molecule has 0 amide bonds. The molecule has 0 unspecified atom stereocenters. The molecule has 0 aromatic carbocycles. The van der Waals surface area contributed by atoms with E-state index >= 15 is 0 Å². The number of rotatable bonds is 1. The van der Waals surface area contributed by atoms with Crippen LogP contribution in [0.5, 0.6) is 0 Å². The summed E-state index contributed by atoms with van der Waals surface area (Å²) in [6.45, 7) is 0. The molecule has 1 nitrogen and oxygen atoms in total. The maximum absolute atomic E-state index is 6.07. The fourth-order valence-electron chi connectivity index (χ4n) is 3.69. The van der Waals surface area contributed by atoms with Gasteiger partial charge in [-0.2, -0.15) is 11.8 Å². The van der Waals surface area contributed by atoms with Crippen LogP contribution in [0.25, 0.3) is 0 Å². The Morgan fingerprint density at radius 2 is 1.62 bits per heavy atom. The van der Waals surface area contributed by atoms with Gasteiger partial charge in [-0.05, 0) is 54.9 Å². The van der Waals surface area contributed by atoms with E-state index in [0.717, 1.165) is 11.3 Å². The zero-order chi connectivity index (χ0) is 8.23. The molecule has 0 spiro atoms. The van der Waals surface area contributed by atoms with Crippen molar-refractivity contribution in [1.29, 1.82) is 0 Å². The van der Waals surface area contributed by atoms with Crippen LogP contribution in [0.3, 0.4) is 0 Å². The van der Waals surface area contributed by atoms with E-state index in [1.54, 1.807) is 0 Å². The summed E-state index contributed by atoms with van der Waals surface area (Å²) in [4.78, 5) is 0. The normalized spacial score (nSPS) is 48.7. The Bertz CT molecular complexity index is 193. The highest BCUT2D eigenvalue weighted by molar-refractivity contribution is 7.99. The van der Waals surface area contributed by atoms with E-state index < -0.39 is 0 Å². The summed E-state index contributed by atoms with van der Waals surface area (Å²) in [5.41, 5.74) is 7.16. The SMILES string of the molecule is Cl.NC12CC(C3CCSCC3)(C1)C2. The molecule has 0 atom stereocenters. The van der Waals surface area contributed by atoms with Gasteiger partial charge in [0.1, 0.15) is 0 Å². The van der Waals surface area contributed by atoms with E-state index in [-0.39, 0.29) is 12.4 Å². The van der Waals surface area contributed by atoms with Crippen LogP contribution in [-0.2, 0) is 0 Å². The number of hydrogen-bond acceptors (Lipinski definition) is 2. The van der Waals surface area contributed by atoms with Crippen LogP contribution in [0.4, 0.5) is 0 Å². The van der Waals surface area contributed by atoms with E-state index in [4.69, 9.17) is 5.73 Å². The second-order valence-electron chi connectivity index (χ2n) is 5.14. The third-order valence-electron chi connectivity index (χ3n) is 4.20. The fourth-order valence-corrected chi connectivity index (χ4v) is 4.80. The molecule has 13 heavy (non-hydrogen) atoms. The van der Waals surface area contributed by atoms with Crippen LogP contribution in [0.2, 0.25) is 0 Å². The zero-order valence-electron chi connectivity index (χ0n) is 7.92. The summed E-state index contributed by atoms with van der Waals surface area (Å²) < 4.78 is 0. The lowest BCUT2D eigenvalue weighted by Gasteiger charge is -2.72. The van der Waals surface area contributed by atoms with E-state index in [1.165, 1.54) is 43.6 Å². The third-order valence-corrected chi connectivity index (χ3v) is 5.25. The molecular weight excluding hydrogens is 202 g/mol. The van der Waals surface area contributed by atoms with Gasteiger partial charge in [0.05, 0.1) is 0 Å². The molecule has 3 heteroatoms. The summed E-state index contributed by atoms with van der Waals surface area (Å²) >= 11 is 2.13. The van der Waals surface area contributed by atoms with Gasteiger partial charge in [-0.3, -0.25) is 0 Å². The molecule has 3 aliphatic carbocycles. The minimum atomic E-state index is 0. The Morgan fingerprint density at radius 1 is 1.08 bits per heavy atom. The Balaban J connectivity index is 0.000000653. The largest absolute Gasteiger partial charge is 0.325 e. The van der Waals surface area contributed by atoms with Crippen LogP contribution >= 0.6 is 24.2 Å². The van der Waals surface area contributed by atoms with Crippen LogP contribution in [0.1, 0.15) is 32.1 Å². The molecule has 2 N–H and O–H groups in total. The van der Waals surface area contributed by atoms with Crippen molar-refractivity contribution >= 4 is 24.2 Å². The number of nitrogens with two attached hydrogens (primary N) is 1. The van der Waals surface area contributed by atoms with Crippen LogP contribution in [0.15, 0.2) is 0 Å². The topological polar surface area (TPSA) is 26.0 Å². The van der Waals surface area contributed by atoms with Gasteiger partial charge in [-0.25, -0.2) is 0 Å². The van der Waals surface area contributed by atoms with Gasteiger partial charge in [0.15, 0.2) is 0 Å². The van der Waals surface area contributed by atoms with Crippen LogP contribution < -0.4 is 5.73 Å². The van der Waals surface area contributed by atoms with Crippen molar-refractivity contribution in [3.8, 4) is 0 Å². The van der Waals surface area contributed by atoms with Crippen molar-refractivity contribution in [2.45, 2.75) is 37.6 Å². The molecule has 0 aromatic heterocycles. The molecule has 4 fully saturated rings. The first-order valence-corrected chi connectivity index (χ1v) is 6.25. The van der Waals surface area contributed by atoms with E-state index in [9.17, 15) is 0 Å². The van der Waals surface area contributed by atoms with Crippen molar-refractivity contribution < 1.29 is 0 Å². The van der Waals surface area contributed by atoms with Gasteiger partial charge < -0.3 is 5.73 Å². The van der Waals surface area contributed by atoms with Crippen molar-refractivity contribution in [2.24, 2.45) is 17.1 Å². The molecule has 0 aromatic rings. The minimum absolute atomic E-state index is 0. The van der Waals surface area contributed by atoms with Crippen molar-refractivity contribution in [3.05, 3.63) is 0 Å². The molecule has 4 rings (SSSR count). The second-order valence-corrected chi connectivity index (χ2v) is 6.37. The van der Waals surface area contributed by atoms with Crippen molar-refractivity contribution in [1.82, 2.24) is 0 Å². The molecule has 3 saturated carbocycles. The highest BCUT2D eigenvalue weighted by Gasteiger charge is 2.67. The third kappa shape index (κ3) is 1.33. The Hall–Kier alpha value is 0.600. The summed E-state index contributed by atoms with van der Waals surface area (Å²) in [7, 11) is 0. The summed E-state index contributed by atoms with van der Waals surface area (Å²) in [5.74, 6) is 3.86. The molecule has 2 bridgehead atoms. The molecule has 0 radical (unpaired) electrons. The summed E-state index contributed by atoms with van der Waals surface area (Å²) in [5, 5.41) is 0. The predicted octanol–water partition coefficient (Wildman–Crippen LogP) is 2.43. The lowest BCUT2D eigenvalue weighted by molar-refractivity contribution is -0.173. The summed E-state index contributed by atoms with van der Waals surface area (Å²) in [6, 6.07) is 0. The molecule has 1 aliphatic heterocycles. The quantitative estimate of drug-likeness (QED) is 0.733. The number of thioether (sulfide) groups is 1. The number of hydrogen-bond donors (Lipinski definition) is 1. The molecule has 1 heterocycles. The average molecular weight is 220 g/mol. The smallest absolute Gasteiger partial charge is 0.0170 e. The van der Waals surface area contributed by atoms with E-state index in [1.807, 2.05) is 0 Å². The highest BCUT2D eigenvalue weighted by atomic mass is 35.5. The average Bonchev–Trinajstić information content (AvgIpc) is 1.99. The molecule has 4 aliphatic rings. The van der Waals surface area contributed by atoms with Gasteiger partial charge in [0.2, 0.25) is 0 Å².